The number of ether oxygens (including phenoxy) is 2. The standard InChI is InChI=1S/C27H33FN6O4/c1-17(2)37-27(35)33-11-9-19(10-12-33)36-16-25-31-26(32-38-25)18-7-8-24(30-13-18)34-14-21(23(29)15-34)20-5-3-4-6-22(20)28/h3-8,13,17,19,21,23H,9-12,14-16,29H2,1-2H3/t21-,23+/m1/s1. The van der Waals surface area contributed by atoms with Crippen LogP contribution in [0.5, 0.6) is 0 Å². The van der Waals surface area contributed by atoms with Crippen molar-refractivity contribution in [3.8, 4) is 11.4 Å². The quantitative estimate of drug-likeness (QED) is 0.493. The second-order valence-electron chi connectivity index (χ2n) is 10.0. The predicted molar refractivity (Wildman–Crippen MR) is 138 cm³/mol. The predicted octanol–water partition coefficient (Wildman–Crippen LogP) is 3.73. The molecule has 2 aliphatic heterocycles. The number of hydrogen-bond donors (Lipinski definition) is 1. The summed E-state index contributed by atoms with van der Waals surface area (Å²) in [5, 5.41) is 4.06. The van der Waals surface area contributed by atoms with E-state index >= 15 is 0 Å². The Bertz CT molecular complexity index is 1230. The minimum atomic E-state index is -0.280. The molecule has 38 heavy (non-hydrogen) atoms. The molecular weight excluding hydrogens is 491 g/mol. The molecule has 0 unspecified atom stereocenters. The summed E-state index contributed by atoms with van der Waals surface area (Å²) in [6.07, 6.45) is 2.73. The van der Waals surface area contributed by atoms with Crippen LogP contribution in [0.15, 0.2) is 47.1 Å². The van der Waals surface area contributed by atoms with Crippen molar-refractivity contribution in [3.63, 3.8) is 0 Å². The van der Waals surface area contributed by atoms with Crippen molar-refractivity contribution in [3.05, 3.63) is 59.9 Å². The first-order valence-corrected chi connectivity index (χ1v) is 13.0. The minimum Gasteiger partial charge on any atom is -0.447 e. The van der Waals surface area contributed by atoms with Crippen molar-refractivity contribution < 1.29 is 23.2 Å². The monoisotopic (exact) mass is 524 g/mol. The summed E-state index contributed by atoms with van der Waals surface area (Å²) in [6, 6.07) is 10.4. The number of likely N-dealkylation sites (tertiary alicyclic amines) is 1. The lowest BCUT2D eigenvalue weighted by Crippen LogP contribution is -2.41. The number of nitrogens with zero attached hydrogens (tertiary/aromatic N) is 5. The SMILES string of the molecule is CC(C)OC(=O)N1CCC(OCc2nc(-c3ccc(N4C[C@H](c5ccccc5F)[C@@H](N)C4)nc3)no2)CC1. The van der Waals surface area contributed by atoms with Gasteiger partial charge < -0.3 is 29.5 Å². The Morgan fingerprint density at radius 2 is 1.97 bits per heavy atom. The fraction of sp³-hybridized carbons (Fsp3) is 0.481. The number of rotatable bonds is 7. The normalized spacial score (nSPS) is 20.3. The van der Waals surface area contributed by atoms with E-state index in [-0.39, 0.29) is 42.7 Å². The molecule has 0 bridgehead atoms. The van der Waals surface area contributed by atoms with Gasteiger partial charge in [-0.2, -0.15) is 4.98 Å². The number of benzene rings is 1. The van der Waals surface area contributed by atoms with Gasteiger partial charge in [0.1, 0.15) is 18.2 Å². The van der Waals surface area contributed by atoms with Crippen LogP contribution in [0, 0.1) is 5.82 Å². The molecule has 0 saturated carbocycles. The van der Waals surface area contributed by atoms with Crippen molar-refractivity contribution in [2.24, 2.45) is 5.73 Å². The summed E-state index contributed by atoms with van der Waals surface area (Å²) in [5.41, 5.74) is 7.70. The Labute approximate surface area is 220 Å². The zero-order valence-corrected chi connectivity index (χ0v) is 21.6. The summed E-state index contributed by atoms with van der Waals surface area (Å²) in [6.45, 7) is 6.24. The number of carbonyl (C=O) groups excluding carboxylic acids is 1. The second-order valence-corrected chi connectivity index (χ2v) is 10.0. The molecule has 2 aliphatic rings. The van der Waals surface area contributed by atoms with Crippen molar-refractivity contribution in [2.45, 2.75) is 57.5 Å². The summed E-state index contributed by atoms with van der Waals surface area (Å²) in [4.78, 5) is 24.8. The zero-order valence-electron chi connectivity index (χ0n) is 21.6. The molecule has 11 heteroatoms. The van der Waals surface area contributed by atoms with Gasteiger partial charge in [0.2, 0.25) is 5.82 Å². The van der Waals surface area contributed by atoms with E-state index in [1.54, 1.807) is 23.2 Å². The molecule has 4 heterocycles. The highest BCUT2D eigenvalue weighted by Gasteiger charge is 2.33. The van der Waals surface area contributed by atoms with Gasteiger partial charge in [-0.1, -0.05) is 23.4 Å². The topological polar surface area (TPSA) is 120 Å². The third-order valence-corrected chi connectivity index (χ3v) is 6.95. The average Bonchev–Trinajstić information content (AvgIpc) is 3.55. The molecule has 202 valence electrons. The highest BCUT2D eigenvalue weighted by molar-refractivity contribution is 5.67. The highest BCUT2D eigenvalue weighted by Crippen LogP contribution is 2.31. The lowest BCUT2D eigenvalue weighted by atomic mass is 9.94. The number of anilines is 1. The van der Waals surface area contributed by atoms with E-state index < -0.39 is 0 Å². The fourth-order valence-electron chi connectivity index (χ4n) is 4.93. The highest BCUT2D eigenvalue weighted by atomic mass is 19.1. The van der Waals surface area contributed by atoms with E-state index in [2.05, 4.69) is 20.0 Å². The van der Waals surface area contributed by atoms with E-state index in [9.17, 15) is 9.18 Å². The molecule has 2 fully saturated rings. The third kappa shape index (κ3) is 5.94. The lowest BCUT2D eigenvalue weighted by Gasteiger charge is -2.31. The van der Waals surface area contributed by atoms with Gasteiger partial charge in [0.05, 0.1) is 12.2 Å². The molecule has 1 amide bonds. The van der Waals surface area contributed by atoms with Gasteiger partial charge in [0.15, 0.2) is 0 Å². The number of hydrogen-bond acceptors (Lipinski definition) is 9. The number of carbonyl (C=O) groups is 1. The molecule has 2 atom stereocenters. The van der Waals surface area contributed by atoms with Crippen LogP contribution in [-0.2, 0) is 16.1 Å². The summed E-state index contributed by atoms with van der Waals surface area (Å²) < 4.78 is 30.9. The fourth-order valence-corrected chi connectivity index (χ4v) is 4.93. The molecule has 2 N–H and O–H groups in total. The molecule has 0 radical (unpaired) electrons. The Kier molecular flexibility index (Phi) is 7.85. The molecular formula is C27H33FN6O4. The van der Waals surface area contributed by atoms with Crippen molar-refractivity contribution in [1.82, 2.24) is 20.0 Å². The second kappa shape index (κ2) is 11.4. The minimum absolute atomic E-state index is 0.00872. The molecule has 3 aromatic rings. The van der Waals surface area contributed by atoms with E-state index in [1.165, 1.54) is 6.07 Å². The van der Waals surface area contributed by atoms with E-state index in [0.29, 0.717) is 43.5 Å². The Morgan fingerprint density at radius 3 is 2.68 bits per heavy atom. The molecule has 5 rings (SSSR count). The number of halogens is 1. The zero-order chi connectivity index (χ0) is 26.6. The third-order valence-electron chi connectivity index (χ3n) is 6.95. The summed E-state index contributed by atoms with van der Waals surface area (Å²) in [5.74, 6) is 1.24. The summed E-state index contributed by atoms with van der Waals surface area (Å²) >= 11 is 0. The van der Waals surface area contributed by atoms with Crippen LogP contribution in [0.3, 0.4) is 0 Å². The molecule has 10 nitrogen and oxygen atoms in total. The van der Waals surface area contributed by atoms with Gasteiger partial charge in [0, 0.05) is 49.9 Å². The van der Waals surface area contributed by atoms with Crippen LogP contribution in [0.1, 0.15) is 44.1 Å². The Hall–Kier alpha value is -3.57. The maximum Gasteiger partial charge on any atom is 0.410 e. The average molecular weight is 525 g/mol. The van der Waals surface area contributed by atoms with Gasteiger partial charge in [-0.15, -0.1) is 0 Å². The first kappa shape index (κ1) is 26.1. The van der Waals surface area contributed by atoms with Gasteiger partial charge in [0.25, 0.3) is 5.89 Å². The largest absolute Gasteiger partial charge is 0.447 e. The van der Waals surface area contributed by atoms with Crippen LogP contribution in [-0.4, -0.2) is 70.5 Å². The molecule has 0 spiro atoms. The van der Waals surface area contributed by atoms with E-state index in [0.717, 1.165) is 24.2 Å². The van der Waals surface area contributed by atoms with Crippen molar-refractivity contribution in [1.29, 1.82) is 0 Å². The van der Waals surface area contributed by atoms with Crippen LogP contribution in [0.2, 0.25) is 0 Å². The van der Waals surface area contributed by atoms with Crippen LogP contribution < -0.4 is 10.6 Å². The Balaban J connectivity index is 1.13. The maximum absolute atomic E-state index is 14.3. The number of pyridine rings is 1. The first-order valence-electron chi connectivity index (χ1n) is 13.0. The van der Waals surface area contributed by atoms with Gasteiger partial charge in [-0.3, -0.25) is 0 Å². The van der Waals surface area contributed by atoms with E-state index in [4.69, 9.17) is 19.7 Å². The molecule has 0 aliphatic carbocycles. The lowest BCUT2D eigenvalue weighted by molar-refractivity contribution is -0.0147. The van der Waals surface area contributed by atoms with E-state index in [1.807, 2.05) is 32.0 Å². The Morgan fingerprint density at radius 1 is 1.18 bits per heavy atom. The molecule has 1 aromatic carbocycles. The number of piperidine rings is 1. The maximum atomic E-state index is 14.3. The van der Waals surface area contributed by atoms with Crippen LogP contribution in [0.4, 0.5) is 15.0 Å². The molecule has 2 aromatic heterocycles. The number of nitrogens with two attached hydrogens (primary N) is 1. The number of aromatic nitrogens is 3. The van der Waals surface area contributed by atoms with Gasteiger partial charge in [-0.05, 0) is 50.5 Å². The van der Waals surface area contributed by atoms with Crippen LogP contribution >= 0.6 is 0 Å². The van der Waals surface area contributed by atoms with Crippen molar-refractivity contribution >= 4 is 11.9 Å². The number of amides is 1. The smallest absolute Gasteiger partial charge is 0.410 e. The molecule has 2 saturated heterocycles. The first-order chi connectivity index (χ1) is 18.4. The summed E-state index contributed by atoms with van der Waals surface area (Å²) in [7, 11) is 0. The van der Waals surface area contributed by atoms with Crippen LogP contribution in [0.25, 0.3) is 11.4 Å². The van der Waals surface area contributed by atoms with Crippen molar-refractivity contribution in [2.75, 3.05) is 31.1 Å². The van der Waals surface area contributed by atoms with Gasteiger partial charge >= 0.3 is 6.09 Å². The van der Waals surface area contributed by atoms with Gasteiger partial charge in [-0.25, -0.2) is 14.2 Å².